The SMILES string of the molecule is CC[S@](=O)c1c(C(F)(C(F)(F)F)C(F)(F)F)ccc(C(=O)O)c1C. The lowest BCUT2D eigenvalue weighted by molar-refractivity contribution is -0.349. The Kier molecular flexibility index (Phi) is 5.39. The molecule has 1 aromatic rings. The highest BCUT2D eigenvalue weighted by Crippen LogP contribution is 2.54. The third-order valence-corrected chi connectivity index (χ3v) is 4.78. The van der Waals surface area contributed by atoms with Crippen LogP contribution >= 0.6 is 0 Å². The number of carboxylic acid groups (broad SMARTS) is 1. The lowest BCUT2D eigenvalue weighted by atomic mass is 9.91. The average molecular weight is 380 g/mol. The van der Waals surface area contributed by atoms with Crippen molar-refractivity contribution in [2.75, 3.05) is 5.75 Å². The summed E-state index contributed by atoms with van der Waals surface area (Å²) in [4.78, 5) is 9.89. The van der Waals surface area contributed by atoms with Crippen molar-refractivity contribution in [3.8, 4) is 0 Å². The monoisotopic (exact) mass is 380 g/mol. The van der Waals surface area contributed by atoms with Gasteiger partial charge in [-0.1, -0.05) is 13.0 Å². The number of alkyl halides is 7. The van der Waals surface area contributed by atoms with E-state index in [4.69, 9.17) is 5.11 Å². The summed E-state index contributed by atoms with van der Waals surface area (Å²) in [6.07, 6.45) is -12.8. The predicted molar refractivity (Wildman–Crippen MR) is 70.0 cm³/mol. The maximum absolute atomic E-state index is 14.3. The normalized spacial score (nSPS) is 14.5. The first-order valence-electron chi connectivity index (χ1n) is 6.28. The first-order chi connectivity index (χ1) is 10.7. The molecule has 0 aromatic heterocycles. The Morgan fingerprint density at radius 3 is 1.88 bits per heavy atom. The first-order valence-corrected chi connectivity index (χ1v) is 7.60. The largest absolute Gasteiger partial charge is 0.478 e. The Morgan fingerprint density at radius 1 is 1.08 bits per heavy atom. The molecule has 0 aliphatic heterocycles. The van der Waals surface area contributed by atoms with Crippen molar-refractivity contribution >= 4 is 16.8 Å². The Bertz CT molecular complexity index is 665. The van der Waals surface area contributed by atoms with Crippen LogP contribution in [0.25, 0.3) is 0 Å². The second kappa shape index (κ2) is 6.34. The molecule has 0 spiro atoms. The van der Waals surface area contributed by atoms with Crippen molar-refractivity contribution in [1.82, 2.24) is 0 Å². The quantitative estimate of drug-likeness (QED) is 0.800. The Hall–Kier alpha value is -1.65. The fourth-order valence-corrected chi connectivity index (χ4v) is 3.29. The van der Waals surface area contributed by atoms with Gasteiger partial charge in [-0.05, 0) is 18.6 Å². The molecule has 1 atom stereocenters. The number of carbonyl (C=O) groups is 1. The summed E-state index contributed by atoms with van der Waals surface area (Å²) in [5.41, 5.74) is -8.97. The topological polar surface area (TPSA) is 54.4 Å². The standard InChI is InChI=1S/C13H11F7O3S/c1-3-24(23)9-6(2)7(10(21)22)4-5-8(9)11(14,12(15,16)17)13(18,19)20/h4-5H,3H2,1-2H3,(H,21,22)/t24-/m0/s1. The first kappa shape index (κ1) is 20.4. The van der Waals surface area contributed by atoms with Gasteiger partial charge in [0.15, 0.2) is 0 Å². The van der Waals surface area contributed by atoms with Crippen LogP contribution in [0.1, 0.15) is 28.4 Å². The highest BCUT2D eigenvalue weighted by atomic mass is 32.2. The van der Waals surface area contributed by atoms with Crippen molar-refractivity contribution in [2.45, 2.75) is 36.8 Å². The van der Waals surface area contributed by atoms with E-state index in [2.05, 4.69) is 0 Å². The minimum absolute atomic E-state index is 0.0698. The van der Waals surface area contributed by atoms with Crippen LogP contribution in [-0.4, -0.2) is 33.4 Å². The van der Waals surface area contributed by atoms with Gasteiger partial charge in [0, 0.05) is 16.2 Å². The fraction of sp³-hybridized carbons (Fsp3) is 0.462. The van der Waals surface area contributed by atoms with E-state index in [1.165, 1.54) is 6.92 Å². The maximum atomic E-state index is 14.3. The Balaban J connectivity index is 3.97. The summed E-state index contributed by atoms with van der Waals surface area (Å²) in [5.74, 6) is -2.08. The van der Waals surface area contributed by atoms with Crippen LogP contribution in [0.5, 0.6) is 0 Å². The molecule has 136 valence electrons. The maximum Gasteiger partial charge on any atom is 0.435 e. The van der Waals surface area contributed by atoms with E-state index >= 15 is 0 Å². The molecule has 0 radical (unpaired) electrons. The molecule has 1 N–H and O–H groups in total. The zero-order valence-corrected chi connectivity index (χ0v) is 13.0. The summed E-state index contributed by atoms with van der Waals surface area (Å²) in [6, 6.07) is 0.496. The number of rotatable bonds is 4. The number of aromatic carboxylic acids is 1. The number of halogens is 7. The Labute approximate surface area is 133 Å². The lowest BCUT2D eigenvalue weighted by Gasteiger charge is -2.32. The van der Waals surface area contributed by atoms with E-state index in [0.717, 1.165) is 6.92 Å². The zero-order valence-electron chi connectivity index (χ0n) is 12.2. The molecule has 0 fully saturated rings. The molecular weight excluding hydrogens is 369 g/mol. The minimum Gasteiger partial charge on any atom is -0.478 e. The van der Waals surface area contributed by atoms with Crippen LogP contribution < -0.4 is 0 Å². The van der Waals surface area contributed by atoms with E-state index in [9.17, 15) is 39.7 Å². The summed E-state index contributed by atoms with van der Waals surface area (Å²) in [5, 5.41) is 8.92. The van der Waals surface area contributed by atoms with Gasteiger partial charge in [0.1, 0.15) is 0 Å². The average Bonchev–Trinajstić information content (AvgIpc) is 2.42. The van der Waals surface area contributed by atoms with E-state index in [-0.39, 0.29) is 6.07 Å². The molecule has 0 unspecified atom stereocenters. The van der Waals surface area contributed by atoms with E-state index < -0.39 is 62.1 Å². The molecule has 0 saturated carbocycles. The second-order valence-electron chi connectivity index (χ2n) is 4.71. The highest BCUT2D eigenvalue weighted by Gasteiger charge is 2.74. The summed E-state index contributed by atoms with van der Waals surface area (Å²) >= 11 is 0. The molecule has 0 heterocycles. The lowest BCUT2D eigenvalue weighted by Crippen LogP contribution is -2.51. The van der Waals surface area contributed by atoms with Crippen LogP contribution in [-0.2, 0) is 16.5 Å². The fourth-order valence-electron chi connectivity index (χ4n) is 2.10. The third-order valence-electron chi connectivity index (χ3n) is 3.28. The number of hydrogen-bond acceptors (Lipinski definition) is 2. The van der Waals surface area contributed by atoms with E-state index in [1.807, 2.05) is 0 Å². The molecule has 0 amide bonds. The van der Waals surface area contributed by atoms with Gasteiger partial charge in [-0.15, -0.1) is 0 Å². The van der Waals surface area contributed by atoms with Crippen molar-refractivity contribution in [1.29, 1.82) is 0 Å². The van der Waals surface area contributed by atoms with Gasteiger partial charge in [0.25, 0.3) is 0 Å². The van der Waals surface area contributed by atoms with Crippen molar-refractivity contribution in [3.05, 3.63) is 28.8 Å². The number of benzene rings is 1. The molecule has 0 bridgehead atoms. The van der Waals surface area contributed by atoms with Gasteiger partial charge in [-0.25, -0.2) is 9.18 Å². The molecule has 0 aliphatic rings. The molecule has 1 aromatic carbocycles. The molecule has 11 heteroatoms. The van der Waals surface area contributed by atoms with Gasteiger partial charge < -0.3 is 5.11 Å². The van der Waals surface area contributed by atoms with Crippen LogP contribution in [0, 0.1) is 6.92 Å². The van der Waals surface area contributed by atoms with Crippen LogP contribution in [0.15, 0.2) is 17.0 Å². The van der Waals surface area contributed by atoms with Crippen LogP contribution in [0.3, 0.4) is 0 Å². The summed E-state index contributed by atoms with van der Waals surface area (Å²) < 4.78 is 104. The summed E-state index contributed by atoms with van der Waals surface area (Å²) in [7, 11) is -2.46. The Morgan fingerprint density at radius 2 is 1.54 bits per heavy atom. The zero-order chi connectivity index (χ0) is 19.1. The number of carboxylic acids is 1. The van der Waals surface area contributed by atoms with Gasteiger partial charge in [0.05, 0.1) is 16.4 Å². The highest BCUT2D eigenvalue weighted by molar-refractivity contribution is 7.85. The predicted octanol–water partition coefficient (Wildman–Crippen LogP) is 4.11. The number of hydrogen-bond donors (Lipinski definition) is 1. The van der Waals surface area contributed by atoms with Crippen molar-refractivity contribution < 1.29 is 44.8 Å². The molecule has 24 heavy (non-hydrogen) atoms. The molecule has 0 aliphatic carbocycles. The van der Waals surface area contributed by atoms with Gasteiger partial charge >= 0.3 is 24.0 Å². The van der Waals surface area contributed by atoms with Crippen molar-refractivity contribution in [3.63, 3.8) is 0 Å². The molecule has 0 saturated heterocycles. The third kappa shape index (κ3) is 3.13. The van der Waals surface area contributed by atoms with Crippen molar-refractivity contribution in [2.24, 2.45) is 0 Å². The van der Waals surface area contributed by atoms with Gasteiger partial charge in [-0.2, -0.15) is 26.3 Å². The van der Waals surface area contributed by atoms with E-state index in [0.29, 0.717) is 6.07 Å². The van der Waals surface area contributed by atoms with Gasteiger partial charge in [-0.3, -0.25) is 4.21 Å². The molecular formula is C13H11F7O3S. The molecule has 3 nitrogen and oxygen atoms in total. The minimum atomic E-state index is -6.38. The van der Waals surface area contributed by atoms with Crippen LogP contribution in [0.4, 0.5) is 30.7 Å². The second-order valence-corrected chi connectivity index (χ2v) is 6.38. The summed E-state index contributed by atoms with van der Waals surface area (Å²) in [6.45, 7) is 2.07. The van der Waals surface area contributed by atoms with Crippen LogP contribution in [0.2, 0.25) is 0 Å². The smallest absolute Gasteiger partial charge is 0.435 e. The van der Waals surface area contributed by atoms with E-state index in [1.54, 1.807) is 0 Å². The molecule has 1 rings (SSSR count). The van der Waals surface area contributed by atoms with Gasteiger partial charge in [0.2, 0.25) is 0 Å².